The number of likely N-dealkylation sites (N-methyl/N-ethyl adjacent to an activating group) is 1. The van der Waals surface area contributed by atoms with Crippen molar-refractivity contribution in [1.29, 1.82) is 0 Å². The number of hydrogen-bond donors (Lipinski definition) is 3. The molecule has 9 nitrogen and oxygen atoms in total. The summed E-state index contributed by atoms with van der Waals surface area (Å²) in [5.74, 6) is 3.27. The second-order valence-corrected chi connectivity index (χ2v) is 8.18. The fourth-order valence-electron chi connectivity index (χ4n) is 3.85. The lowest BCUT2D eigenvalue weighted by Crippen LogP contribution is -2.37. The first-order valence-corrected chi connectivity index (χ1v) is 9.76. The smallest absolute Gasteiger partial charge is 0.420 e. The molecule has 1 aromatic carbocycles. The lowest BCUT2D eigenvalue weighted by molar-refractivity contribution is -0.141. The minimum absolute atomic E-state index is 0.0329. The highest BCUT2D eigenvalue weighted by molar-refractivity contribution is 5.93. The summed E-state index contributed by atoms with van der Waals surface area (Å²) in [5.41, 5.74) is -1.92. The summed E-state index contributed by atoms with van der Waals surface area (Å²) in [6.45, 7) is 0.868. The number of carbonyl (C=O) groups excluding carboxylic acids is 2. The molecule has 1 fully saturated rings. The van der Waals surface area contributed by atoms with Gasteiger partial charge in [-0.05, 0) is 25.1 Å². The Morgan fingerprint density at radius 3 is 2.61 bits per heavy atom. The van der Waals surface area contributed by atoms with Crippen molar-refractivity contribution >= 4 is 11.8 Å². The van der Waals surface area contributed by atoms with Crippen LogP contribution in [-0.2, 0) is 16.6 Å². The van der Waals surface area contributed by atoms with Crippen molar-refractivity contribution in [3.05, 3.63) is 40.7 Å². The molecule has 33 heavy (non-hydrogen) atoms. The molecule has 2 aliphatic heterocycles. The molecule has 0 saturated carbocycles. The van der Waals surface area contributed by atoms with Crippen molar-refractivity contribution in [2.24, 2.45) is 5.73 Å². The van der Waals surface area contributed by atoms with Crippen molar-refractivity contribution in [3.63, 3.8) is 0 Å². The van der Waals surface area contributed by atoms with Gasteiger partial charge in [-0.3, -0.25) is 9.59 Å². The van der Waals surface area contributed by atoms with E-state index in [-0.39, 0.29) is 23.4 Å². The number of hydrogen-bond acceptors (Lipinski definition) is 6. The van der Waals surface area contributed by atoms with Gasteiger partial charge in [-0.25, -0.2) is 4.68 Å². The molecule has 3 heterocycles. The fourth-order valence-corrected chi connectivity index (χ4v) is 3.85. The van der Waals surface area contributed by atoms with Gasteiger partial charge in [-0.1, -0.05) is 11.8 Å². The van der Waals surface area contributed by atoms with E-state index in [2.05, 4.69) is 16.9 Å². The largest absolute Gasteiger partial charge is 0.488 e. The Kier molecular flexibility index (Phi) is 4.95. The van der Waals surface area contributed by atoms with Crippen LogP contribution in [0.3, 0.4) is 0 Å². The minimum atomic E-state index is -5.04. The maximum Gasteiger partial charge on any atom is 0.420 e. The van der Waals surface area contributed by atoms with Crippen LogP contribution in [0.4, 0.5) is 13.2 Å². The van der Waals surface area contributed by atoms with Gasteiger partial charge in [0, 0.05) is 25.6 Å². The summed E-state index contributed by atoms with van der Waals surface area (Å²) < 4.78 is 47.9. The molecular formula is C21H19F3N4O5. The molecule has 4 rings (SSSR count). The molecule has 2 aliphatic rings. The van der Waals surface area contributed by atoms with Crippen molar-refractivity contribution in [3.8, 4) is 23.3 Å². The topological polar surface area (TPSA) is 131 Å². The predicted molar refractivity (Wildman–Crippen MR) is 106 cm³/mol. The van der Waals surface area contributed by atoms with E-state index in [0.717, 1.165) is 11.6 Å². The van der Waals surface area contributed by atoms with Gasteiger partial charge >= 0.3 is 6.18 Å². The molecule has 0 aliphatic carbocycles. The highest BCUT2D eigenvalue weighted by Crippen LogP contribution is 2.43. The van der Waals surface area contributed by atoms with Crippen LogP contribution in [-0.4, -0.2) is 62.5 Å². The molecule has 0 bridgehead atoms. The van der Waals surface area contributed by atoms with Gasteiger partial charge in [0.25, 0.3) is 11.8 Å². The molecule has 1 saturated heterocycles. The molecule has 4 N–H and O–H groups in total. The normalized spacial score (nSPS) is 24.3. The average Bonchev–Trinajstić information content (AvgIpc) is 3.24. The van der Waals surface area contributed by atoms with E-state index in [1.54, 1.807) is 0 Å². The maximum absolute atomic E-state index is 13.9. The van der Waals surface area contributed by atoms with Crippen LogP contribution < -0.4 is 10.5 Å². The number of aromatic nitrogens is 2. The Morgan fingerprint density at radius 2 is 2.03 bits per heavy atom. The number of benzene rings is 1. The van der Waals surface area contributed by atoms with E-state index in [0.29, 0.717) is 6.54 Å². The number of halogens is 3. The predicted octanol–water partition coefficient (Wildman–Crippen LogP) is 0.535. The van der Waals surface area contributed by atoms with Crippen molar-refractivity contribution in [1.82, 2.24) is 14.7 Å². The number of carbonyl (C=O) groups is 2. The molecule has 0 spiro atoms. The van der Waals surface area contributed by atoms with Crippen LogP contribution in [0.2, 0.25) is 0 Å². The Bertz CT molecular complexity index is 1240. The van der Waals surface area contributed by atoms with Gasteiger partial charge < -0.3 is 25.6 Å². The standard InChI is InChI=1S/C21H19F3N4O5/c1-19(31)10-33-13-4-3-11(5-6-20(32)7-8-27(2)18(20)30)9-12(13)28-16(19)14(21(22,23)24)15(26-28)17(25)29/h3-4,9,31-32H,7-8,10H2,1-2H3,(H2,25,29)/t19-,20+/m1/s1. The summed E-state index contributed by atoms with van der Waals surface area (Å²) in [6.07, 6.45) is -4.94. The number of likely N-dealkylation sites (tertiary alicyclic amines) is 1. The molecular weight excluding hydrogens is 445 g/mol. The van der Waals surface area contributed by atoms with Crippen molar-refractivity contribution < 1.29 is 37.7 Å². The van der Waals surface area contributed by atoms with E-state index in [1.165, 1.54) is 30.1 Å². The van der Waals surface area contributed by atoms with E-state index in [4.69, 9.17) is 10.5 Å². The quantitative estimate of drug-likeness (QED) is 0.528. The number of amides is 2. The lowest BCUT2D eigenvalue weighted by Gasteiger charge is -2.23. The zero-order valence-electron chi connectivity index (χ0n) is 17.5. The Morgan fingerprint density at radius 1 is 1.33 bits per heavy atom. The third kappa shape index (κ3) is 3.69. The van der Waals surface area contributed by atoms with Crippen LogP contribution in [0.15, 0.2) is 18.2 Å². The number of primary amides is 1. The fraction of sp³-hybridized carbons (Fsp3) is 0.381. The molecule has 2 amide bonds. The van der Waals surface area contributed by atoms with Gasteiger partial charge in [0.05, 0.1) is 5.69 Å². The first kappa shape index (κ1) is 22.6. The summed E-state index contributed by atoms with van der Waals surface area (Å²) in [6, 6.07) is 4.19. The number of ether oxygens (including phenoxy) is 1. The molecule has 12 heteroatoms. The number of aliphatic hydroxyl groups is 2. The molecule has 2 atom stereocenters. The number of alkyl halides is 3. The van der Waals surface area contributed by atoms with Crippen LogP contribution in [0.5, 0.6) is 5.75 Å². The maximum atomic E-state index is 13.9. The van der Waals surface area contributed by atoms with Crippen molar-refractivity contribution in [2.75, 3.05) is 20.2 Å². The SMILES string of the molecule is CN1CC[C@@](O)(C#Cc2ccc3c(c2)-n2nc(C(N)=O)c(C(F)(F)F)c2[C@](C)(O)CO3)C1=O. The number of rotatable bonds is 1. The Hall–Kier alpha value is -3.56. The summed E-state index contributed by atoms with van der Waals surface area (Å²) in [7, 11) is 1.53. The minimum Gasteiger partial charge on any atom is -0.488 e. The summed E-state index contributed by atoms with van der Waals surface area (Å²) in [4.78, 5) is 25.2. The van der Waals surface area contributed by atoms with E-state index < -0.39 is 52.8 Å². The summed E-state index contributed by atoms with van der Waals surface area (Å²) >= 11 is 0. The highest BCUT2D eigenvalue weighted by atomic mass is 19.4. The van der Waals surface area contributed by atoms with Crippen molar-refractivity contribution in [2.45, 2.75) is 30.7 Å². The molecule has 174 valence electrons. The van der Waals surface area contributed by atoms with E-state index in [9.17, 15) is 33.0 Å². The monoisotopic (exact) mass is 464 g/mol. The van der Waals surface area contributed by atoms with Crippen LogP contribution in [0, 0.1) is 11.8 Å². The summed E-state index contributed by atoms with van der Waals surface area (Å²) in [5, 5.41) is 25.0. The third-order valence-corrected chi connectivity index (χ3v) is 5.53. The number of nitrogens with two attached hydrogens (primary N) is 1. The van der Waals surface area contributed by atoms with Gasteiger partial charge in [0.2, 0.25) is 5.60 Å². The molecule has 0 unspecified atom stereocenters. The average molecular weight is 464 g/mol. The Balaban J connectivity index is 1.90. The second kappa shape index (κ2) is 7.23. The molecule has 2 aromatic rings. The second-order valence-electron chi connectivity index (χ2n) is 8.18. The zero-order chi connectivity index (χ0) is 24.3. The number of fused-ring (bicyclic) bond motifs is 3. The molecule has 1 aromatic heterocycles. The van der Waals surface area contributed by atoms with Crippen LogP contribution in [0.25, 0.3) is 5.69 Å². The van der Waals surface area contributed by atoms with E-state index >= 15 is 0 Å². The zero-order valence-corrected chi connectivity index (χ0v) is 17.5. The lowest BCUT2D eigenvalue weighted by atomic mass is 9.97. The first-order chi connectivity index (χ1) is 15.2. The van der Waals surface area contributed by atoms with Crippen LogP contribution >= 0.6 is 0 Å². The first-order valence-electron chi connectivity index (χ1n) is 9.76. The van der Waals surface area contributed by atoms with Crippen LogP contribution in [0.1, 0.15) is 40.7 Å². The van der Waals surface area contributed by atoms with Gasteiger partial charge in [-0.2, -0.15) is 18.3 Å². The number of nitrogens with zero attached hydrogens (tertiary/aromatic N) is 3. The Labute approximate surface area is 185 Å². The molecule has 0 radical (unpaired) electrons. The van der Waals surface area contributed by atoms with Gasteiger partial charge in [-0.15, -0.1) is 0 Å². The van der Waals surface area contributed by atoms with Gasteiger partial charge in [0.1, 0.15) is 29.2 Å². The highest BCUT2D eigenvalue weighted by Gasteiger charge is 2.48. The third-order valence-electron chi connectivity index (χ3n) is 5.53. The van der Waals surface area contributed by atoms with Gasteiger partial charge in [0.15, 0.2) is 5.69 Å². The van der Waals surface area contributed by atoms with E-state index in [1.807, 2.05) is 0 Å².